The molecule has 5 heteroatoms. The summed E-state index contributed by atoms with van der Waals surface area (Å²) < 4.78 is 5.78. The molecule has 1 aromatic heterocycles. The maximum Gasteiger partial charge on any atom is 0.289 e. The van der Waals surface area contributed by atoms with E-state index in [1.54, 1.807) is 0 Å². The first kappa shape index (κ1) is 16.8. The standard InChI is InChI=1S/C17H22N2O2.ClH/c1-11-7-13-9-16(21-15(13)8-12(11)2)17(20)19-6-4-5-14(10-19)18-3;/h7-9,14,18H,4-6,10H2,1-3H3;1H. The molecule has 4 nitrogen and oxygen atoms in total. The Kier molecular flexibility index (Phi) is 5.14. The molecule has 1 aliphatic rings. The molecule has 1 unspecified atom stereocenters. The average Bonchev–Trinajstić information content (AvgIpc) is 2.89. The van der Waals surface area contributed by atoms with Crippen LogP contribution < -0.4 is 5.32 Å². The van der Waals surface area contributed by atoms with Crippen molar-refractivity contribution in [2.24, 2.45) is 0 Å². The Labute approximate surface area is 137 Å². The summed E-state index contributed by atoms with van der Waals surface area (Å²) in [7, 11) is 1.95. The number of benzene rings is 1. The number of rotatable bonds is 2. The number of aryl methyl sites for hydroxylation is 2. The van der Waals surface area contributed by atoms with Crippen LogP contribution in [0, 0.1) is 13.8 Å². The van der Waals surface area contributed by atoms with Gasteiger partial charge in [-0.1, -0.05) is 0 Å². The van der Waals surface area contributed by atoms with Crippen molar-refractivity contribution < 1.29 is 9.21 Å². The number of piperidine rings is 1. The normalized spacial score (nSPS) is 18.3. The Hall–Kier alpha value is -1.52. The van der Waals surface area contributed by atoms with Crippen LogP contribution in [0.1, 0.15) is 34.5 Å². The molecule has 1 aromatic carbocycles. The van der Waals surface area contributed by atoms with Crippen molar-refractivity contribution >= 4 is 29.3 Å². The Morgan fingerprint density at radius 2 is 2.00 bits per heavy atom. The van der Waals surface area contributed by atoms with Crippen molar-refractivity contribution in [3.05, 3.63) is 35.1 Å². The molecular weight excluding hydrogens is 300 g/mol. The van der Waals surface area contributed by atoms with Crippen LogP contribution in [0.15, 0.2) is 22.6 Å². The molecular formula is C17H23ClN2O2. The van der Waals surface area contributed by atoms with Crippen LogP contribution in [0.5, 0.6) is 0 Å². The van der Waals surface area contributed by atoms with Crippen molar-refractivity contribution in [1.82, 2.24) is 10.2 Å². The van der Waals surface area contributed by atoms with E-state index in [0.29, 0.717) is 11.8 Å². The van der Waals surface area contributed by atoms with Crippen molar-refractivity contribution in [2.75, 3.05) is 20.1 Å². The minimum atomic E-state index is 0. The van der Waals surface area contributed by atoms with Crippen LogP contribution in [0.3, 0.4) is 0 Å². The van der Waals surface area contributed by atoms with E-state index in [1.807, 2.05) is 24.1 Å². The minimum absolute atomic E-state index is 0. The molecule has 1 aliphatic heterocycles. The third-order valence-electron chi connectivity index (χ3n) is 4.46. The van der Waals surface area contributed by atoms with Gasteiger partial charge < -0.3 is 14.6 Å². The largest absolute Gasteiger partial charge is 0.451 e. The Balaban J connectivity index is 0.00000176. The van der Waals surface area contributed by atoms with Gasteiger partial charge in [-0.25, -0.2) is 0 Å². The molecule has 2 aromatic rings. The van der Waals surface area contributed by atoms with Gasteiger partial charge in [0.15, 0.2) is 5.76 Å². The van der Waals surface area contributed by atoms with E-state index < -0.39 is 0 Å². The predicted octanol–water partition coefficient (Wildman–Crippen LogP) is 3.30. The summed E-state index contributed by atoms with van der Waals surface area (Å²) in [5.74, 6) is 0.452. The summed E-state index contributed by atoms with van der Waals surface area (Å²) in [5.41, 5.74) is 3.20. The van der Waals surface area contributed by atoms with Crippen LogP contribution in [0.25, 0.3) is 11.0 Å². The zero-order valence-electron chi connectivity index (χ0n) is 13.3. The van der Waals surface area contributed by atoms with Gasteiger partial charge in [-0.2, -0.15) is 0 Å². The van der Waals surface area contributed by atoms with Crippen molar-refractivity contribution in [2.45, 2.75) is 32.7 Å². The quantitative estimate of drug-likeness (QED) is 0.922. The van der Waals surface area contributed by atoms with Gasteiger partial charge in [-0.3, -0.25) is 4.79 Å². The SMILES string of the molecule is CNC1CCCN(C(=O)c2cc3cc(C)c(C)cc3o2)C1.Cl. The van der Waals surface area contributed by atoms with Crippen LogP contribution in [0.4, 0.5) is 0 Å². The highest BCUT2D eigenvalue weighted by atomic mass is 35.5. The summed E-state index contributed by atoms with van der Waals surface area (Å²) in [6.45, 7) is 5.70. The van der Waals surface area contributed by atoms with Crippen LogP contribution in [0.2, 0.25) is 0 Å². The molecule has 120 valence electrons. The van der Waals surface area contributed by atoms with E-state index in [2.05, 4.69) is 25.2 Å². The van der Waals surface area contributed by atoms with E-state index >= 15 is 0 Å². The van der Waals surface area contributed by atoms with E-state index in [9.17, 15) is 4.79 Å². The highest BCUT2D eigenvalue weighted by molar-refractivity contribution is 5.96. The Morgan fingerprint density at radius 1 is 1.27 bits per heavy atom. The molecule has 1 saturated heterocycles. The van der Waals surface area contributed by atoms with Gasteiger partial charge in [0.05, 0.1) is 0 Å². The molecule has 1 atom stereocenters. The zero-order valence-corrected chi connectivity index (χ0v) is 14.1. The van der Waals surface area contributed by atoms with Gasteiger partial charge >= 0.3 is 0 Å². The first-order chi connectivity index (χ1) is 10.1. The number of hydrogen-bond donors (Lipinski definition) is 1. The fraction of sp³-hybridized carbons (Fsp3) is 0.471. The molecule has 0 radical (unpaired) electrons. The molecule has 0 aliphatic carbocycles. The van der Waals surface area contributed by atoms with Gasteiger partial charge in [0.1, 0.15) is 5.58 Å². The molecule has 2 heterocycles. The second-order valence-corrected chi connectivity index (χ2v) is 5.96. The van der Waals surface area contributed by atoms with Crippen LogP contribution in [-0.2, 0) is 0 Å². The van der Waals surface area contributed by atoms with Crippen molar-refractivity contribution in [1.29, 1.82) is 0 Å². The fourth-order valence-corrected chi connectivity index (χ4v) is 2.96. The van der Waals surface area contributed by atoms with Gasteiger partial charge in [0.2, 0.25) is 0 Å². The molecule has 22 heavy (non-hydrogen) atoms. The number of hydrogen-bond acceptors (Lipinski definition) is 3. The maximum atomic E-state index is 12.6. The summed E-state index contributed by atoms with van der Waals surface area (Å²) >= 11 is 0. The number of nitrogens with one attached hydrogen (secondary N) is 1. The van der Waals surface area contributed by atoms with Gasteiger partial charge in [-0.15, -0.1) is 12.4 Å². The number of carbonyl (C=O) groups excluding carboxylic acids is 1. The third kappa shape index (κ3) is 3.13. The Bertz CT molecular complexity index is 642. The average molecular weight is 323 g/mol. The maximum absolute atomic E-state index is 12.6. The van der Waals surface area contributed by atoms with Crippen LogP contribution in [-0.4, -0.2) is 37.0 Å². The third-order valence-corrected chi connectivity index (χ3v) is 4.46. The lowest BCUT2D eigenvalue weighted by molar-refractivity contribution is 0.0668. The number of likely N-dealkylation sites (N-methyl/N-ethyl adjacent to an activating group) is 1. The summed E-state index contributed by atoms with van der Waals surface area (Å²) in [4.78, 5) is 14.5. The second kappa shape index (κ2) is 6.71. The van der Waals surface area contributed by atoms with Gasteiger partial charge in [0, 0.05) is 24.5 Å². The number of halogens is 1. The molecule has 1 N–H and O–H groups in total. The molecule has 1 amide bonds. The number of nitrogens with zero attached hydrogens (tertiary/aromatic N) is 1. The van der Waals surface area contributed by atoms with Crippen molar-refractivity contribution in [3.8, 4) is 0 Å². The lowest BCUT2D eigenvalue weighted by Crippen LogP contribution is -2.46. The van der Waals surface area contributed by atoms with E-state index in [0.717, 1.165) is 36.9 Å². The Morgan fingerprint density at radius 3 is 2.73 bits per heavy atom. The predicted molar refractivity (Wildman–Crippen MR) is 90.9 cm³/mol. The molecule has 3 rings (SSSR count). The van der Waals surface area contributed by atoms with E-state index in [1.165, 1.54) is 11.1 Å². The second-order valence-electron chi connectivity index (χ2n) is 5.96. The van der Waals surface area contributed by atoms with Gasteiger partial charge in [0.25, 0.3) is 5.91 Å². The molecule has 0 spiro atoms. The summed E-state index contributed by atoms with van der Waals surface area (Å²) in [6, 6.07) is 6.34. The monoisotopic (exact) mass is 322 g/mol. The highest BCUT2D eigenvalue weighted by Crippen LogP contribution is 2.24. The van der Waals surface area contributed by atoms with E-state index in [-0.39, 0.29) is 18.3 Å². The summed E-state index contributed by atoms with van der Waals surface area (Å²) in [6.07, 6.45) is 2.16. The lowest BCUT2D eigenvalue weighted by atomic mass is 10.1. The van der Waals surface area contributed by atoms with Crippen LogP contribution >= 0.6 is 12.4 Å². The molecule has 1 fully saturated rings. The first-order valence-corrected chi connectivity index (χ1v) is 7.56. The fourth-order valence-electron chi connectivity index (χ4n) is 2.96. The zero-order chi connectivity index (χ0) is 15.0. The highest BCUT2D eigenvalue weighted by Gasteiger charge is 2.25. The lowest BCUT2D eigenvalue weighted by Gasteiger charge is -2.31. The molecule has 0 saturated carbocycles. The molecule has 0 bridgehead atoms. The number of furan rings is 1. The number of amides is 1. The van der Waals surface area contributed by atoms with Crippen molar-refractivity contribution in [3.63, 3.8) is 0 Å². The number of carbonyl (C=O) groups is 1. The van der Waals surface area contributed by atoms with Gasteiger partial charge in [-0.05, 0) is 63.1 Å². The first-order valence-electron chi connectivity index (χ1n) is 7.56. The number of likely N-dealkylation sites (tertiary alicyclic amines) is 1. The summed E-state index contributed by atoms with van der Waals surface area (Å²) in [5, 5.41) is 4.26. The minimum Gasteiger partial charge on any atom is -0.451 e. The van der Waals surface area contributed by atoms with E-state index in [4.69, 9.17) is 4.42 Å². The topological polar surface area (TPSA) is 45.5 Å². The smallest absolute Gasteiger partial charge is 0.289 e. The number of fused-ring (bicyclic) bond motifs is 1.